The molecule has 0 heterocycles. The van der Waals surface area contributed by atoms with Crippen LogP contribution in [0.25, 0.3) is 0 Å². The lowest BCUT2D eigenvalue weighted by Crippen LogP contribution is -2.31. The van der Waals surface area contributed by atoms with Gasteiger partial charge in [-0.05, 0) is 12.1 Å². The monoisotopic (exact) mass is 244 g/mol. The highest BCUT2D eigenvalue weighted by molar-refractivity contribution is 5.97. The van der Waals surface area contributed by atoms with Gasteiger partial charge in [-0.3, -0.25) is 9.59 Å². The summed E-state index contributed by atoms with van der Waals surface area (Å²) < 4.78 is 30.6. The van der Waals surface area contributed by atoms with Gasteiger partial charge in [-0.1, -0.05) is 0 Å². The van der Waals surface area contributed by atoms with E-state index in [0.29, 0.717) is 6.07 Å². The van der Waals surface area contributed by atoms with E-state index in [0.717, 1.165) is 13.2 Å². The topological polar surface area (TPSA) is 81.4 Å². The second kappa shape index (κ2) is 5.24. The molecule has 0 bridgehead atoms. The van der Waals surface area contributed by atoms with Crippen LogP contribution in [0.4, 0.5) is 14.5 Å². The molecule has 0 saturated carbocycles. The van der Waals surface area contributed by atoms with Gasteiger partial charge in [0, 0.05) is 0 Å². The molecule has 0 spiro atoms. The molecule has 7 heteroatoms. The molecule has 5 nitrogen and oxygen atoms in total. The molecule has 0 aliphatic rings. The number of nitrogens with two attached hydrogens (primary N) is 1. The second-order valence-corrected chi connectivity index (χ2v) is 3.12. The first-order valence-electron chi connectivity index (χ1n) is 4.55. The highest BCUT2D eigenvalue weighted by Crippen LogP contribution is 2.17. The Kier molecular flexibility index (Phi) is 3.97. The summed E-state index contributed by atoms with van der Waals surface area (Å²) in [5.74, 6) is -3.52. The van der Waals surface area contributed by atoms with Crippen LogP contribution in [0.1, 0.15) is 10.4 Å². The van der Waals surface area contributed by atoms with Crippen LogP contribution < -0.4 is 11.1 Å². The number of halogens is 2. The lowest BCUT2D eigenvalue weighted by molar-refractivity contribution is -0.139. The Morgan fingerprint density at radius 2 is 2.06 bits per heavy atom. The van der Waals surface area contributed by atoms with Gasteiger partial charge < -0.3 is 15.8 Å². The molecule has 3 N–H and O–H groups in total. The standard InChI is InChI=1S/C10H10F2N2O3/c1-17-8(15)4-14-10(16)6-2-5(11)3-7(13)9(6)12/h2-3H,4,13H2,1H3,(H,14,16). The number of rotatable bonds is 3. The number of hydrogen-bond acceptors (Lipinski definition) is 4. The van der Waals surface area contributed by atoms with Crippen molar-refractivity contribution in [1.29, 1.82) is 0 Å². The molecule has 92 valence electrons. The molecule has 17 heavy (non-hydrogen) atoms. The predicted molar refractivity (Wildman–Crippen MR) is 55.1 cm³/mol. The molecule has 1 aromatic carbocycles. The van der Waals surface area contributed by atoms with Gasteiger partial charge in [-0.2, -0.15) is 0 Å². The van der Waals surface area contributed by atoms with Crippen molar-refractivity contribution >= 4 is 17.6 Å². The fourth-order valence-electron chi connectivity index (χ4n) is 1.10. The zero-order valence-electron chi connectivity index (χ0n) is 8.92. The number of anilines is 1. The van der Waals surface area contributed by atoms with Gasteiger partial charge in [0.2, 0.25) is 0 Å². The Morgan fingerprint density at radius 1 is 1.41 bits per heavy atom. The highest BCUT2D eigenvalue weighted by Gasteiger charge is 2.16. The van der Waals surface area contributed by atoms with E-state index in [1.807, 2.05) is 0 Å². The summed E-state index contributed by atoms with van der Waals surface area (Å²) in [5, 5.41) is 2.07. The molecule has 0 radical (unpaired) electrons. The number of methoxy groups -OCH3 is 1. The molecular formula is C10H10F2N2O3. The lowest BCUT2D eigenvalue weighted by atomic mass is 10.1. The van der Waals surface area contributed by atoms with Crippen LogP contribution >= 0.6 is 0 Å². The normalized spacial score (nSPS) is 9.82. The first-order valence-corrected chi connectivity index (χ1v) is 4.55. The van der Waals surface area contributed by atoms with Crippen LogP contribution in [0.3, 0.4) is 0 Å². The molecule has 0 atom stereocenters. The summed E-state index contributed by atoms with van der Waals surface area (Å²) in [6, 6.07) is 1.45. The summed E-state index contributed by atoms with van der Waals surface area (Å²) in [6.07, 6.45) is 0. The summed E-state index contributed by atoms with van der Waals surface area (Å²) in [4.78, 5) is 22.1. The molecule has 0 fully saturated rings. The predicted octanol–water partition coefficient (Wildman–Crippen LogP) is 0.450. The van der Waals surface area contributed by atoms with E-state index >= 15 is 0 Å². The van der Waals surface area contributed by atoms with Crippen molar-refractivity contribution in [2.24, 2.45) is 0 Å². The van der Waals surface area contributed by atoms with Crippen molar-refractivity contribution in [3.8, 4) is 0 Å². The third-order valence-electron chi connectivity index (χ3n) is 1.93. The molecule has 1 aromatic rings. The van der Waals surface area contributed by atoms with E-state index in [4.69, 9.17) is 5.73 Å². The number of nitrogens with one attached hydrogen (secondary N) is 1. The Morgan fingerprint density at radius 3 is 2.65 bits per heavy atom. The number of ether oxygens (including phenoxy) is 1. The van der Waals surface area contributed by atoms with Crippen molar-refractivity contribution in [2.75, 3.05) is 19.4 Å². The van der Waals surface area contributed by atoms with E-state index in [1.165, 1.54) is 0 Å². The fourth-order valence-corrected chi connectivity index (χ4v) is 1.10. The number of amides is 1. The Labute approximate surface area is 95.5 Å². The number of esters is 1. The minimum Gasteiger partial charge on any atom is -0.468 e. The summed E-state index contributed by atoms with van der Waals surface area (Å²) >= 11 is 0. The molecule has 0 aliphatic heterocycles. The Balaban J connectivity index is 2.86. The fraction of sp³-hybridized carbons (Fsp3) is 0.200. The van der Waals surface area contributed by atoms with Gasteiger partial charge in [0.1, 0.15) is 12.4 Å². The van der Waals surface area contributed by atoms with E-state index in [-0.39, 0.29) is 0 Å². The number of carbonyl (C=O) groups excluding carboxylic acids is 2. The van der Waals surface area contributed by atoms with Crippen molar-refractivity contribution in [1.82, 2.24) is 5.32 Å². The average Bonchev–Trinajstić information content (AvgIpc) is 2.30. The van der Waals surface area contributed by atoms with E-state index in [1.54, 1.807) is 0 Å². The second-order valence-electron chi connectivity index (χ2n) is 3.12. The molecule has 0 aromatic heterocycles. The maximum Gasteiger partial charge on any atom is 0.325 e. The largest absolute Gasteiger partial charge is 0.468 e. The first kappa shape index (κ1) is 12.9. The van der Waals surface area contributed by atoms with Crippen molar-refractivity contribution in [2.45, 2.75) is 0 Å². The maximum atomic E-state index is 13.4. The minimum atomic E-state index is -1.03. The van der Waals surface area contributed by atoms with Crippen LogP contribution in [-0.2, 0) is 9.53 Å². The first-order chi connectivity index (χ1) is 7.95. The quantitative estimate of drug-likeness (QED) is 0.597. The van der Waals surface area contributed by atoms with Crippen LogP contribution in [-0.4, -0.2) is 25.5 Å². The molecule has 0 saturated heterocycles. The summed E-state index contributed by atoms with van der Waals surface area (Å²) in [7, 11) is 1.13. The molecular weight excluding hydrogens is 234 g/mol. The number of carbonyl (C=O) groups is 2. The van der Waals surface area contributed by atoms with Gasteiger partial charge in [-0.25, -0.2) is 8.78 Å². The lowest BCUT2D eigenvalue weighted by Gasteiger charge is -2.06. The maximum absolute atomic E-state index is 13.4. The molecule has 1 rings (SSSR count). The van der Waals surface area contributed by atoms with Gasteiger partial charge in [0.05, 0.1) is 18.4 Å². The Hall–Kier alpha value is -2.18. The molecule has 0 aliphatic carbocycles. The number of nitrogen functional groups attached to an aromatic ring is 1. The van der Waals surface area contributed by atoms with Crippen molar-refractivity contribution < 1.29 is 23.1 Å². The van der Waals surface area contributed by atoms with Gasteiger partial charge >= 0.3 is 5.97 Å². The number of hydrogen-bond donors (Lipinski definition) is 2. The van der Waals surface area contributed by atoms with Gasteiger partial charge in [0.25, 0.3) is 5.91 Å². The Bertz CT molecular complexity index is 463. The zero-order valence-corrected chi connectivity index (χ0v) is 8.92. The third kappa shape index (κ3) is 3.13. The van der Waals surface area contributed by atoms with Gasteiger partial charge in [0.15, 0.2) is 5.82 Å². The van der Waals surface area contributed by atoms with Crippen molar-refractivity contribution in [3.05, 3.63) is 29.3 Å². The minimum absolute atomic E-state index is 0.439. The van der Waals surface area contributed by atoms with E-state index in [9.17, 15) is 18.4 Å². The van der Waals surface area contributed by atoms with Crippen LogP contribution in [0.2, 0.25) is 0 Å². The van der Waals surface area contributed by atoms with Crippen LogP contribution in [0.5, 0.6) is 0 Å². The van der Waals surface area contributed by atoms with Crippen LogP contribution in [0, 0.1) is 11.6 Å². The van der Waals surface area contributed by atoms with E-state index in [2.05, 4.69) is 10.1 Å². The smallest absolute Gasteiger partial charge is 0.325 e. The highest BCUT2D eigenvalue weighted by atomic mass is 19.1. The van der Waals surface area contributed by atoms with Crippen LogP contribution in [0.15, 0.2) is 12.1 Å². The summed E-state index contributed by atoms with van der Waals surface area (Å²) in [5.41, 5.74) is 4.11. The van der Waals surface area contributed by atoms with Crippen molar-refractivity contribution in [3.63, 3.8) is 0 Å². The zero-order chi connectivity index (χ0) is 13.0. The average molecular weight is 244 g/mol. The summed E-state index contributed by atoms with van der Waals surface area (Å²) in [6.45, 7) is -0.439. The number of benzene rings is 1. The van der Waals surface area contributed by atoms with E-state index < -0.39 is 41.3 Å². The molecule has 0 unspecified atom stereocenters. The molecule has 1 amide bonds. The SMILES string of the molecule is COC(=O)CNC(=O)c1cc(F)cc(N)c1F. The third-order valence-corrected chi connectivity index (χ3v) is 1.93. The van der Waals surface area contributed by atoms with Gasteiger partial charge in [-0.15, -0.1) is 0 Å².